The molecule has 0 spiro atoms. The molecule has 3 nitrogen and oxygen atoms in total. The second kappa shape index (κ2) is 2.69. The maximum absolute atomic E-state index is 11.4. The Bertz CT molecular complexity index is 407. The molecular weight excluding hydrogens is 166 g/mol. The minimum atomic E-state index is -0.155. The lowest BCUT2D eigenvalue weighted by molar-refractivity contribution is 0.106. The number of carbonyl (C=O) groups excluding carboxylic acids is 1. The van der Waals surface area contributed by atoms with Gasteiger partial charge in [-0.25, -0.2) is 0 Å². The van der Waals surface area contributed by atoms with E-state index in [9.17, 15) is 4.79 Å². The molecule has 0 unspecified atom stereocenters. The fraction of sp³-hybridized carbons (Fsp3) is 0.200. The third-order valence-electron chi connectivity index (χ3n) is 2.25. The van der Waals surface area contributed by atoms with Gasteiger partial charge >= 0.3 is 0 Å². The van der Waals surface area contributed by atoms with E-state index < -0.39 is 0 Å². The van der Waals surface area contributed by atoms with E-state index in [4.69, 9.17) is 5.21 Å². The first-order valence-corrected chi connectivity index (χ1v) is 4.07. The lowest BCUT2D eigenvalue weighted by Crippen LogP contribution is -2.06. The number of hydrogen-bond acceptors (Lipinski definition) is 3. The molecule has 0 aliphatic heterocycles. The van der Waals surface area contributed by atoms with Crippen LogP contribution in [0.15, 0.2) is 23.4 Å². The molecule has 1 aromatic rings. The van der Waals surface area contributed by atoms with Crippen LogP contribution in [0.25, 0.3) is 0 Å². The zero-order chi connectivity index (χ0) is 9.42. The van der Waals surface area contributed by atoms with Crippen molar-refractivity contribution in [1.82, 2.24) is 0 Å². The van der Waals surface area contributed by atoms with E-state index in [1.54, 1.807) is 6.07 Å². The molecule has 0 amide bonds. The van der Waals surface area contributed by atoms with Crippen LogP contribution in [-0.2, 0) is 6.42 Å². The Kier molecular flexibility index (Phi) is 1.65. The molecule has 0 saturated heterocycles. The van der Waals surface area contributed by atoms with Gasteiger partial charge in [0.15, 0.2) is 0 Å². The van der Waals surface area contributed by atoms with Gasteiger partial charge in [-0.3, -0.25) is 4.79 Å². The van der Waals surface area contributed by atoms with Gasteiger partial charge in [0.25, 0.3) is 0 Å². The second-order valence-electron chi connectivity index (χ2n) is 3.21. The molecule has 1 aliphatic rings. The maximum atomic E-state index is 11.4. The van der Waals surface area contributed by atoms with Gasteiger partial charge in [0.2, 0.25) is 5.78 Å². The summed E-state index contributed by atoms with van der Waals surface area (Å²) in [6.07, 6.45) is 0.451. The summed E-state index contributed by atoms with van der Waals surface area (Å²) in [6.45, 7) is 1.97. The highest BCUT2D eigenvalue weighted by atomic mass is 16.4. The summed E-state index contributed by atoms with van der Waals surface area (Å²) in [5, 5.41) is 11.5. The summed E-state index contributed by atoms with van der Waals surface area (Å²) in [5.74, 6) is -0.155. The molecule has 0 bridgehead atoms. The van der Waals surface area contributed by atoms with Crippen molar-refractivity contribution in [2.75, 3.05) is 0 Å². The number of nitrogens with zero attached hydrogens (tertiary/aromatic N) is 1. The van der Waals surface area contributed by atoms with Gasteiger partial charge in [-0.1, -0.05) is 28.9 Å². The van der Waals surface area contributed by atoms with Gasteiger partial charge in [0.05, 0.1) is 0 Å². The number of ketones is 1. The Balaban J connectivity index is 2.56. The summed E-state index contributed by atoms with van der Waals surface area (Å²) >= 11 is 0. The van der Waals surface area contributed by atoms with E-state index in [1.807, 2.05) is 19.1 Å². The average molecular weight is 175 g/mol. The van der Waals surface area contributed by atoms with Crippen molar-refractivity contribution in [3.05, 3.63) is 34.9 Å². The average Bonchev–Trinajstić information content (AvgIpc) is 2.42. The molecule has 1 aromatic carbocycles. The Morgan fingerprint density at radius 3 is 2.92 bits per heavy atom. The Morgan fingerprint density at radius 1 is 1.46 bits per heavy atom. The second-order valence-corrected chi connectivity index (χ2v) is 3.21. The molecule has 13 heavy (non-hydrogen) atoms. The summed E-state index contributed by atoms with van der Waals surface area (Å²) in [6, 6.07) is 5.62. The number of benzene rings is 1. The lowest BCUT2D eigenvalue weighted by atomic mass is 10.1. The molecule has 0 atom stereocenters. The molecule has 0 aromatic heterocycles. The third kappa shape index (κ3) is 1.13. The molecule has 0 saturated carbocycles. The van der Waals surface area contributed by atoms with E-state index >= 15 is 0 Å². The molecule has 0 fully saturated rings. The number of Topliss-reactive ketones (excluding diaryl/α,β-unsaturated/α-hetero) is 1. The van der Waals surface area contributed by atoms with E-state index in [0.717, 1.165) is 11.1 Å². The Labute approximate surface area is 75.7 Å². The van der Waals surface area contributed by atoms with E-state index in [0.29, 0.717) is 12.0 Å². The highest BCUT2D eigenvalue weighted by Gasteiger charge is 2.26. The lowest BCUT2D eigenvalue weighted by Gasteiger charge is -1.96. The fourth-order valence-electron chi connectivity index (χ4n) is 1.59. The molecular formula is C10H9NO2. The molecule has 1 N–H and O–H groups in total. The number of fused-ring (bicyclic) bond motifs is 1. The highest BCUT2D eigenvalue weighted by Crippen LogP contribution is 2.21. The minimum absolute atomic E-state index is 0.155. The molecule has 1 aliphatic carbocycles. The standard InChI is InChI=1S/C10H9NO2/c1-6-2-3-8-7(4-6)5-9(11-13)10(8)12/h2-4,13H,5H2,1H3/b11-9+. The maximum Gasteiger partial charge on any atom is 0.211 e. The zero-order valence-electron chi connectivity index (χ0n) is 7.24. The minimum Gasteiger partial charge on any atom is -0.411 e. The number of hydrogen-bond donors (Lipinski definition) is 1. The predicted molar refractivity (Wildman–Crippen MR) is 48.4 cm³/mol. The van der Waals surface area contributed by atoms with Crippen molar-refractivity contribution in [1.29, 1.82) is 0 Å². The van der Waals surface area contributed by atoms with Crippen LogP contribution in [0.2, 0.25) is 0 Å². The highest BCUT2D eigenvalue weighted by molar-refractivity contribution is 6.49. The zero-order valence-corrected chi connectivity index (χ0v) is 7.24. The van der Waals surface area contributed by atoms with E-state index in [1.165, 1.54) is 0 Å². The van der Waals surface area contributed by atoms with Crippen molar-refractivity contribution in [2.45, 2.75) is 13.3 Å². The van der Waals surface area contributed by atoms with Crippen molar-refractivity contribution in [3.63, 3.8) is 0 Å². The number of rotatable bonds is 0. The van der Waals surface area contributed by atoms with Crippen LogP contribution in [0.5, 0.6) is 0 Å². The van der Waals surface area contributed by atoms with Gasteiger partial charge in [-0.05, 0) is 12.5 Å². The molecule has 3 heteroatoms. The van der Waals surface area contributed by atoms with Crippen LogP contribution in [0.1, 0.15) is 21.5 Å². The normalized spacial score (nSPS) is 17.9. The quantitative estimate of drug-likeness (QED) is 0.480. The van der Waals surface area contributed by atoms with Crippen molar-refractivity contribution in [2.24, 2.45) is 5.16 Å². The first kappa shape index (κ1) is 7.98. The smallest absolute Gasteiger partial charge is 0.211 e. The first-order chi connectivity index (χ1) is 6.22. The van der Waals surface area contributed by atoms with Crippen LogP contribution in [0.3, 0.4) is 0 Å². The Morgan fingerprint density at radius 2 is 2.23 bits per heavy atom. The van der Waals surface area contributed by atoms with Crippen molar-refractivity contribution < 1.29 is 10.0 Å². The SMILES string of the molecule is Cc1ccc2c(c1)C/C(=N\O)C2=O. The number of carbonyl (C=O) groups is 1. The Hall–Kier alpha value is -1.64. The summed E-state index contributed by atoms with van der Waals surface area (Å²) in [7, 11) is 0. The number of oxime groups is 1. The van der Waals surface area contributed by atoms with Gasteiger partial charge in [-0.15, -0.1) is 0 Å². The summed E-state index contributed by atoms with van der Waals surface area (Å²) < 4.78 is 0. The van der Waals surface area contributed by atoms with Crippen molar-refractivity contribution >= 4 is 11.5 Å². The van der Waals surface area contributed by atoms with Gasteiger partial charge < -0.3 is 5.21 Å². The van der Waals surface area contributed by atoms with Gasteiger partial charge in [0.1, 0.15) is 5.71 Å². The van der Waals surface area contributed by atoms with E-state index in [2.05, 4.69) is 5.16 Å². The van der Waals surface area contributed by atoms with Crippen molar-refractivity contribution in [3.8, 4) is 0 Å². The largest absolute Gasteiger partial charge is 0.411 e. The number of aryl methyl sites for hydroxylation is 1. The summed E-state index contributed by atoms with van der Waals surface area (Å²) in [5.41, 5.74) is 2.97. The molecule has 2 rings (SSSR count). The van der Waals surface area contributed by atoms with Gasteiger partial charge in [0, 0.05) is 12.0 Å². The van der Waals surface area contributed by atoms with Crippen LogP contribution in [0, 0.1) is 6.92 Å². The van der Waals surface area contributed by atoms with Gasteiger partial charge in [-0.2, -0.15) is 0 Å². The van der Waals surface area contributed by atoms with Crippen LogP contribution in [0.4, 0.5) is 0 Å². The third-order valence-corrected chi connectivity index (χ3v) is 2.25. The topological polar surface area (TPSA) is 49.7 Å². The monoisotopic (exact) mass is 175 g/mol. The van der Waals surface area contributed by atoms with E-state index in [-0.39, 0.29) is 11.5 Å². The first-order valence-electron chi connectivity index (χ1n) is 4.07. The predicted octanol–water partition coefficient (Wildman–Crippen LogP) is 1.56. The fourth-order valence-corrected chi connectivity index (χ4v) is 1.59. The van der Waals surface area contributed by atoms with Crippen LogP contribution in [-0.4, -0.2) is 16.7 Å². The van der Waals surface area contributed by atoms with Crippen LogP contribution >= 0.6 is 0 Å². The van der Waals surface area contributed by atoms with Crippen LogP contribution < -0.4 is 0 Å². The molecule has 0 radical (unpaired) electrons. The molecule has 0 heterocycles. The summed E-state index contributed by atoms with van der Waals surface area (Å²) in [4.78, 5) is 11.4. The molecule has 66 valence electrons.